The third kappa shape index (κ3) is 3.82. The summed E-state index contributed by atoms with van der Waals surface area (Å²) in [4.78, 5) is 56.6. The van der Waals surface area contributed by atoms with Crippen LogP contribution in [0, 0.1) is 13.8 Å². The van der Waals surface area contributed by atoms with E-state index in [1.807, 2.05) is 56.3 Å². The quantitative estimate of drug-likeness (QED) is 0.574. The van der Waals surface area contributed by atoms with Crippen molar-refractivity contribution in [2.75, 3.05) is 36.0 Å². The fourth-order valence-electron chi connectivity index (χ4n) is 5.60. The maximum Gasteiger partial charge on any atom is 0.292 e. The lowest BCUT2D eigenvalue weighted by molar-refractivity contribution is -1.02. The third-order valence-corrected chi connectivity index (χ3v) is 7.43. The second-order valence-corrected chi connectivity index (χ2v) is 9.59. The van der Waals surface area contributed by atoms with Gasteiger partial charge in [-0.25, -0.2) is 9.80 Å². The van der Waals surface area contributed by atoms with Crippen LogP contribution in [-0.2, 0) is 19.2 Å². The fraction of sp³-hybridized carbons (Fsp3) is 0.385. The molecule has 3 saturated heterocycles. The zero-order chi connectivity index (χ0) is 24.0. The summed E-state index contributed by atoms with van der Waals surface area (Å²) in [5.74, 6) is -0.604. The molecule has 3 aliphatic rings. The summed E-state index contributed by atoms with van der Waals surface area (Å²) in [6.07, 6.45) is 0.416. The van der Waals surface area contributed by atoms with E-state index < -0.39 is 6.04 Å². The first kappa shape index (κ1) is 22.4. The number of hydrogen-bond donors (Lipinski definition) is 2. The van der Waals surface area contributed by atoms with Gasteiger partial charge in [0.15, 0.2) is 12.1 Å². The highest BCUT2D eigenvalue weighted by molar-refractivity contribution is 6.22. The van der Waals surface area contributed by atoms with E-state index in [-0.39, 0.29) is 42.5 Å². The van der Waals surface area contributed by atoms with Crippen LogP contribution >= 0.6 is 0 Å². The molecule has 3 heterocycles. The highest BCUT2D eigenvalue weighted by Gasteiger charge is 2.50. The van der Waals surface area contributed by atoms with Crippen LogP contribution in [0.2, 0.25) is 0 Å². The Morgan fingerprint density at radius 3 is 1.85 bits per heavy atom. The minimum absolute atomic E-state index is 0.143. The summed E-state index contributed by atoms with van der Waals surface area (Å²) >= 11 is 0. The summed E-state index contributed by atoms with van der Waals surface area (Å²) in [6, 6.07) is 14.1. The van der Waals surface area contributed by atoms with Crippen LogP contribution in [0.3, 0.4) is 0 Å². The maximum absolute atomic E-state index is 13.2. The smallest absolute Gasteiger partial charge is 0.292 e. The Kier molecular flexibility index (Phi) is 5.79. The van der Waals surface area contributed by atoms with E-state index in [0.717, 1.165) is 20.9 Å². The first-order valence-corrected chi connectivity index (χ1v) is 11.9. The van der Waals surface area contributed by atoms with Crippen molar-refractivity contribution in [3.05, 3.63) is 59.7 Å². The molecule has 176 valence electrons. The zero-order valence-corrected chi connectivity index (χ0v) is 19.5. The normalized spacial score (nSPS) is 27.7. The number of piperazine rings is 1. The lowest BCUT2D eigenvalue weighted by Crippen LogP contribution is -3.31. The Morgan fingerprint density at radius 2 is 1.26 bits per heavy atom. The molecule has 2 unspecified atom stereocenters. The van der Waals surface area contributed by atoms with Crippen LogP contribution in [-0.4, -0.2) is 61.9 Å². The number of imide groups is 2. The second kappa shape index (κ2) is 8.77. The Morgan fingerprint density at radius 1 is 0.706 bits per heavy atom. The van der Waals surface area contributed by atoms with Crippen LogP contribution in [0.15, 0.2) is 48.5 Å². The molecule has 0 spiro atoms. The largest absolute Gasteiger partial charge is 0.315 e. The molecule has 0 aliphatic carbocycles. The van der Waals surface area contributed by atoms with Crippen molar-refractivity contribution in [2.24, 2.45) is 0 Å². The molecule has 2 aromatic rings. The Bertz CT molecular complexity index is 1170. The standard InChI is InChI=1S/C26H28N4O4/c1-17-6-5-8-19(14-17)29-23(31)15-21(25(29)33)27-10-12-28(13-11-27)22-16-24(32)30(26(22)34)20-9-4-3-7-18(20)2/h3-9,14,21-22H,10-13,15-16H2,1-2H3/p+2. The molecular weight excluding hydrogens is 432 g/mol. The number of carbonyl (C=O) groups is 4. The van der Waals surface area contributed by atoms with Gasteiger partial charge in [0, 0.05) is 0 Å². The summed E-state index contributed by atoms with van der Waals surface area (Å²) in [5.41, 5.74) is 3.20. The number of para-hydroxylation sites is 1. The summed E-state index contributed by atoms with van der Waals surface area (Å²) in [7, 11) is 0. The molecule has 2 atom stereocenters. The van der Waals surface area contributed by atoms with E-state index in [2.05, 4.69) is 0 Å². The lowest BCUT2D eigenvalue weighted by Gasteiger charge is -2.34. The second-order valence-electron chi connectivity index (χ2n) is 9.59. The molecule has 4 amide bonds. The van der Waals surface area contributed by atoms with Crippen molar-refractivity contribution < 1.29 is 29.0 Å². The van der Waals surface area contributed by atoms with Gasteiger partial charge in [-0.05, 0) is 43.2 Å². The Labute approximate surface area is 198 Å². The van der Waals surface area contributed by atoms with Gasteiger partial charge in [0.25, 0.3) is 11.8 Å². The molecular formula is C26H30N4O4+2. The van der Waals surface area contributed by atoms with E-state index in [1.165, 1.54) is 9.80 Å². The van der Waals surface area contributed by atoms with Crippen LogP contribution in [0.25, 0.3) is 0 Å². The van der Waals surface area contributed by atoms with Crippen LogP contribution in [0.1, 0.15) is 24.0 Å². The first-order valence-electron chi connectivity index (χ1n) is 11.9. The number of nitrogens with one attached hydrogen (secondary N) is 2. The topological polar surface area (TPSA) is 83.6 Å². The lowest BCUT2D eigenvalue weighted by atomic mass is 10.1. The molecule has 0 saturated carbocycles. The molecule has 0 bridgehead atoms. The van der Waals surface area contributed by atoms with Crippen molar-refractivity contribution in [1.29, 1.82) is 0 Å². The van der Waals surface area contributed by atoms with E-state index in [0.29, 0.717) is 37.6 Å². The predicted octanol–water partition coefficient (Wildman–Crippen LogP) is -0.949. The molecule has 0 radical (unpaired) electrons. The fourth-order valence-corrected chi connectivity index (χ4v) is 5.60. The molecule has 2 aromatic carbocycles. The van der Waals surface area contributed by atoms with Crippen molar-refractivity contribution in [2.45, 2.75) is 38.8 Å². The van der Waals surface area contributed by atoms with Gasteiger partial charge in [0.05, 0.1) is 24.2 Å². The maximum atomic E-state index is 13.2. The molecule has 3 aliphatic heterocycles. The molecule has 8 heteroatoms. The van der Waals surface area contributed by atoms with Gasteiger partial charge in [-0.15, -0.1) is 0 Å². The van der Waals surface area contributed by atoms with Gasteiger partial charge >= 0.3 is 0 Å². The molecule has 5 rings (SSSR count). The number of rotatable bonds is 4. The average Bonchev–Trinajstić information content (AvgIpc) is 3.28. The molecule has 2 N–H and O–H groups in total. The average molecular weight is 463 g/mol. The van der Waals surface area contributed by atoms with Gasteiger partial charge < -0.3 is 9.80 Å². The van der Waals surface area contributed by atoms with Crippen LogP contribution in [0.4, 0.5) is 11.4 Å². The minimum atomic E-state index is -0.390. The number of hydrogen-bond acceptors (Lipinski definition) is 4. The van der Waals surface area contributed by atoms with E-state index in [9.17, 15) is 19.2 Å². The molecule has 0 aromatic heterocycles. The van der Waals surface area contributed by atoms with Crippen molar-refractivity contribution in [3.8, 4) is 0 Å². The summed E-state index contributed by atoms with van der Waals surface area (Å²) in [6.45, 7) is 6.57. The number of quaternary nitrogens is 2. The number of benzene rings is 2. The Hall–Kier alpha value is -3.36. The van der Waals surface area contributed by atoms with Gasteiger partial charge in [0.2, 0.25) is 11.8 Å². The van der Waals surface area contributed by atoms with Gasteiger partial charge in [-0.2, -0.15) is 0 Å². The van der Waals surface area contributed by atoms with E-state index >= 15 is 0 Å². The van der Waals surface area contributed by atoms with E-state index in [4.69, 9.17) is 0 Å². The number of aryl methyl sites for hydroxylation is 2. The zero-order valence-electron chi connectivity index (χ0n) is 19.5. The van der Waals surface area contributed by atoms with E-state index in [1.54, 1.807) is 6.07 Å². The predicted molar refractivity (Wildman–Crippen MR) is 126 cm³/mol. The van der Waals surface area contributed by atoms with Crippen LogP contribution < -0.4 is 19.6 Å². The third-order valence-electron chi connectivity index (χ3n) is 7.43. The molecule has 8 nitrogen and oxygen atoms in total. The summed E-state index contributed by atoms with van der Waals surface area (Å²) in [5, 5.41) is 0. The van der Waals surface area contributed by atoms with Gasteiger partial charge in [-0.1, -0.05) is 30.3 Å². The first-order chi connectivity index (χ1) is 16.3. The van der Waals surface area contributed by atoms with Crippen molar-refractivity contribution in [1.82, 2.24) is 0 Å². The van der Waals surface area contributed by atoms with Crippen LogP contribution in [0.5, 0.6) is 0 Å². The number of carbonyl (C=O) groups excluding carboxylic acids is 4. The highest BCUT2D eigenvalue weighted by atomic mass is 16.2. The van der Waals surface area contributed by atoms with Gasteiger partial charge in [-0.3, -0.25) is 19.2 Å². The molecule has 34 heavy (non-hydrogen) atoms. The number of nitrogens with zero attached hydrogens (tertiary/aromatic N) is 2. The summed E-state index contributed by atoms with van der Waals surface area (Å²) < 4.78 is 0. The van der Waals surface area contributed by atoms with Crippen molar-refractivity contribution in [3.63, 3.8) is 0 Å². The molecule has 3 fully saturated rings. The number of anilines is 2. The Balaban J connectivity index is 1.24. The monoisotopic (exact) mass is 462 g/mol. The minimum Gasteiger partial charge on any atom is -0.315 e. The number of amides is 4. The SMILES string of the molecule is Cc1cccc(N2C(=O)CC([NH+]3CC[NH+](C4CC(=O)N(c5ccccc5C)C4=O)CC3)C2=O)c1. The van der Waals surface area contributed by atoms with Crippen molar-refractivity contribution >= 4 is 35.0 Å². The highest BCUT2D eigenvalue weighted by Crippen LogP contribution is 2.25. The van der Waals surface area contributed by atoms with Gasteiger partial charge in [0.1, 0.15) is 26.2 Å².